The van der Waals surface area contributed by atoms with Crippen LogP contribution >= 0.6 is 0 Å². The molecule has 8 heteroatoms. The highest BCUT2D eigenvalue weighted by molar-refractivity contribution is 6.23. The molecule has 224 valence electrons. The fourth-order valence-electron chi connectivity index (χ4n) is 7.80. The summed E-state index contributed by atoms with van der Waals surface area (Å²) in [5, 5.41) is 0. The fraction of sp³-hybridized carbons (Fsp3) is 0.243. The molecule has 3 aliphatic carbocycles. The number of amides is 3. The van der Waals surface area contributed by atoms with Gasteiger partial charge in [-0.3, -0.25) is 19.2 Å². The van der Waals surface area contributed by atoms with Gasteiger partial charge in [0.1, 0.15) is 11.5 Å². The molecule has 2 aliphatic heterocycles. The number of anilines is 2. The van der Waals surface area contributed by atoms with Crippen molar-refractivity contribution >= 4 is 35.1 Å². The van der Waals surface area contributed by atoms with Gasteiger partial charge in [-0.25, -0.2) is 4.90 Å². The van der Waals surface area contributed by atoms with Crippen LogP contribution in [0.5, 0.6) is 11.5 Å². The zero-order chi connectivity index (χ0) is 30.8. The normalized spacial score (nSPS) is 24.4. The highest BCUT2D eigenvalue weighted by atomic mass is 16.5. The van der Waals surface area contributed by atoms with E-state index in [1.165, 1.54) is 4.90 Å². The van der Waals surface area contributed by atoms with E-state index in [1.54, 1.807) is 53.4 Å². The van der Waals surface area contributed by atoms with Crippen molar-refractivity contribution in [2.75, 3.05) is 23.0 Å². The summed E-state index contributed by atoms with van der Waals surface area (Å²) in [6.45, 7) is 2.67. The summed E-state index contributed by atoms with van der Waals surface area (Å²) in [7, 11) is 0. The number of nitrogens with zero attached hydrogens (tertiary/aromatic N) is 2. The molecule has 0 unspecified atom stereocenters. The van der Waals surface area contributed by atoms with Crippen LogP contribution in [-0.4, -0.2) is 36.8 Å². The Labute approximate surface area is 260 Å². The predicted molar refractivity (Wildman–Crippen MR) is 166 cm³/mol. The van der Waals surface area contributed by atoms with Gasteiger partial charge in [0.15, 0.2) is 0 Å². The van der Waals surface area contributed by atoms with Gasteiger partial charge >= 0.3 is 5.97 Å². The number of benzene rings is 4. The van der Waals surface area contributed by atoms with Gasteiger partial charge in [-0.1, -0.05) is 48.5 Å². The molecule has 0 N–H and O–H groups in total. The maximum atomic E-state index is 14.0. The number of ether oxygens (including phenoxy) is 2. The quantitative estimate of drug-likeness (QED) is 0.167. The molecular formula is C37H30N2O6. The Morgan fingerprint density at radius 3 is 1.69 bits per heavy atom. The molecule has 4 aromatic rings. The van der Waals surface area contributed by atoms with Crippen LogP contribution in [0.1, 0.15) is 47.4 Å². The molecule has 8 nitrogen and oxygen atoms in total. The summed E-state index contributed by atoms with van der Waals surface area (Å²) < 4.78 is 11.1. The van der Waals surface area contributed by atoms with Gasteiger partial charge in [-0.15, -0.1) is 0 Å². The summed E-state index contributed by atoms with van der Waals surface area (Å²) in [6.07, 6.45) is 0.0524. The number of hydrogen-bond acceptors (Lipinski definition) is 6. The number of esters is 1. The van der Waals surface area contributed by atoms with Crippen molar-refractivity contribution in [1.82, 2.24) is 0 Å². The SMILES string of the molecule is CCOc1ccc(N2C[C@@H](C(=O)Oc3ccc(N4C(=O)[C@@H]5C6c7ccccc7C(c7ccccc76)[C@@H]5C4=O)cc3)CC2=O)cc1. The third-order valence-corrected chi connectivity index (χ3v) is 9.68. The molecule has 45 heavy (non-hydrogen) atoms. The van der Waals surface area contributed by atoms with Gasteiger partial charge in [-0.05, 0) is 77.7 Å². The standard InChI is InChI=1S/C37H30N2O6/c1-2-44-24-15-11-22(12-16-24)38-20-21(19-30(38)40)37(43)45-25-17-13-23(14-18-25)39-35(41)33-31-26-7-3-4-8-27(26)32(34(33)36(39)42)29-10-6-5-9-28(29)31/h3-18,21,31-34H,2,19-20H2,1H3/t21-,31?,32?,33-,34+/m0/s1. The third kappa shape index (κ3) is 4.19. The minimum Gasteiger partial charge on any atom is -0.494 e. The molecule has 0 radical (unpaired) electrons. The van der Waals surface area contributed by atoms with Crippen molar-refractivity contribution < 1.29 is 28.7 Å². The van der Waals surface area contributed by atoms with Crippen LogP contribution in [0.2, 0.25) is 0 Å². The van der Waals surface area contributed by atoms with Gasteiger partial charge in [-0.2, -0.15) is 0 Å². The molecule has 3 atom stereocenters. The lowest BCUT2D eigenvalue weighted by Gasteiger charge is -2.45. The Bertz CT molecular complexity index is 1750. The number of carbonyl (C=O) groups excluding carboxylic acids is 4. The maximum Gasteiger partial charge on any atom is 0.316 e. The molecule has 2 bridgehead atoms. The molecule has 0 saturated carbocycles. The van der Waals surface area contributed by atoms with E-state index in [-0.39, 0.29) is 48.3 Å². The van der Waals surface area contributed by atoms with Crippen molar-refractivity contribution in [1.29, 1.82) is 0 Å². The number of imide groups is 1. The van der Waals surface area contributed by atoms with E-state index in [4.69, 9.17) is 9.47 Å². The lowest BCUT2D eigenvalue weighted by molar-refractivity contribution is -0.139. The Kier molecular flexibility index (Phi) is 6.34. The molecule has 2 fully saturated rings. The van der Waals surface area contributed by atoms with Crippen LogP contribution in [0, 0.1) is 17.8 Å². The Hall–Kier alpha value is -5.24. The van der Waals surface area contributed by atoms with Gasteiger partial charge < -0.3 is 14.4 Å². The second kappa shape index (κ2) is 10.4. The summed E-state index contributed by atoms with van der Waals surface area (Å²) in [4.78, 5) is 56.7. The lowest BCUT2D eigenvalue weighted by atomic mass is 9.55. The zero-order valence-electron chi connectivity index (χ0n) is 24.6. The van der Waals surface area contributed by atoms with Gasteiger partial charge in [0, 0.05) is 30.5 Å². The Balaban J connectivity index is 0.991. The third-order valence-electron chi connectivity index (χ3n) is 9.68. The molecule has 5 aliphatic rings. The van der Waals surface area contributed by atoms with E-state index >= 15 is 0 Å². The number of carbonyl (C=O) groups is 4. The first-order valence-electron chi connectivity index (χ1n) is 15.3. The average Bonchev–Trinajstić information content (AvgIpc) is 3.59. The molecule has 2 saturated heterocycles. The van der Waals surface area contributed by atoms with E-state index in [9.17, 15) is 19.2 Å². The summed E-state index contributed by atoms with van der Waals surface area (Å²) >= 11 is 0. The van der Waals surface area contributed by atoms with Gasteiger partial charge in [0.2, 0.25) is 17.7 Å². The van der Waals surface area contributed by atoms with Gasteiger partial charge in [0.25, 0.3) is 0 Å². The van der Waals surface area contributed by atoms with E-state index < -0.39 is 23.7 Å². The Morgan fingerprint density at radius 2 is 1.18 bits per heavy atom. The van der Waals surface area contributed by atoms with Crippen LogP contribution in [0.15, 0.2) is 97.1 Å². The monoisotopic (exact) mass is 598 g/mol. The predicted octanol–water partition coefficient (Wildman–Crippen LogP) is 5.44. The molecule has 0 spiro atoms. The second-order valence-electron chi connectivity index (χ2n) is 12.0. The highest BCUT2D eigenvalue weighted by Gasteiger charge is 2.61. The van der Waals surface area contributed by atoms with Crippen LogP contribution in [0.3, 0.4) is 0 Å². The van der Waals surface area contributed by atoms with Crippen molar-refractivity contribution in [2.45, 2.75) is 25.2 Å². The summed E-state index contributed by atoms with van der Waals surface area (Å²) in [5.41, 5.74) is 5.64. The highest BCUT2D eigenvalue weighted by Crippen LogP contribution is 2.61. The molecule has 3 amide bonds. The summed E-state index contributed by atoms with van der Waals surface area (Å²) in [6, 6.07) is 30.0. The number of rotatable bonds is 6. The zero-order valence-corrected chi connectivity index (χ0v) is 24.6. The van der Waals surface area contributed by atoms with Crippen LogP contribution in [0.25, 0.3) is 0 Å². The van der Waals surface area contributed by atoms with Crippen molar-refractivity contribution in [3.8, 4) is 11.5 Å². The fourth-order valence-corrected chi connectivity index (χ4v) is 7.80. The van der Waals surface area contributed by atoms with Crippen LogP contribution in [0.4, 0.5) is 11.4 Å². The average molecular weight is 599 g/mol. The second-order valence-corrected chi connectivity index (χ2v) is 12.0. The molecule has 2 heterocycles. The summed E-state index contributed by atoms with van der Waals surface area (Å²) in [5.74, 6) is -1.97. The first-order valence-corrected chi connectivity index (χ1v) is 15.3. The van der Waals surface area contributed by atoms with Gasteiger partial charge in [0.05, 0.1) is 30.0 Å². The minimum atomic E-state index is -0.618. The number of hydrogen-bond donors (Lipinski definition) is 0. The van der Waals surface area contributed by atoms with Crippen molar-refractivity contribution in [2.24, 2.45) is 17.8 Å². The van der Waals surface area contributed by atoms with Crippen LogP contribution in [-0.2, 0) is 19.2 Å². The van der Waals surface area contributed by atoms with E-state index in [0.29, 0.717) is 23.7 Å². The van der Waals surface area contributed by atoms with Crippen LogP contribution < -0.4 is 19.3 Å². The van der Waals surface area contributed by atoms with E-state index in [0.717, 1.165) is 22.3 Å². The van der Waals surface area contributed by atoms with Crippen molar-refractivity contribution in [3.63, 3.8) is 0 Å². The first kappa shape index (κ1) is 27.3. The molecule has 9 rings (SSSR count). The maximum absolute atomic E-state index is 14.0. The molecule has 0 aromatic heterocycles. The van der Waals surface area contributed by atoms with E-state index in [1.807, 2.05) is 31.2 Å². The Morgan fingerprint density at radius 1 is 0.689 bits per heavy atom. The minimum absolute atomic E-state index is 0.0524. The largest absolute Gasteiger partial charge is 0.494 e. The molecule has 4 aromatic carbocycles. The first-order chi connectivity index (χ1) is 21.9. The van der Waals surface area contributed by atoms with E-state index in [2.05, 4.69) is 24.3 Å². The molecular weight excluding hydrogens is 568 g/mol. The lowest BCUT2D eigenvalue weighted by Crippen LogP contribution is -2.41. The topological polar surface area (TPSA) is 93.2 Å². The van der Waals surface area contributed by atoms with Crippen molar-refractivity contribution in [3.05, 3.63) is 119 Å². The smallest absolute Gasteiger partial charge is 0.316 e.